The minimum absolute atomic E-state index is 0.0341. The number of benzene rings is 2. The van der Waals surface area contributed by atoms with E-state index in [4.69, 9.17) is 9.73 Å². The minimum atomic E-state index is -3.46. The SMILES string of the molecule is CCCC(CC)CC(C(=O)NC(=NC(CC)CC)S/C=N/COC)c1ccc(S(=O)(=O)CCc2ccccc2)cc1. The van der Waals surface area contributed by atoms with E-state index in [2.05, 4.69) is 38.0 Å². The van der Waals surface area contributed by atoms with Crippen LogP contribution in [0.3, 0.4) is 0 Å². The first kappa shape index (κ1) is 34.7. The number of carbonyl (C=O) groups is 1. The maximum atomic E-state index is 13.8. The van der Waals surface area contributed by atoms with Gasteiger partial charge in [0.1, 0.15) is 6.73 Å². The Bertz CT molecular complexity index is 1200. The third kappa shape index (κ3) is 12.1. The molecule has 0 aliphatic carbocycles. The molecule has 0 aliphatic heterocycles. The van der Waals surface area contributed by atoms with Gasteiger partial charge in [0.2, 0.25) is 5.91 Å². The Kier molecular flexibility index (Phi) is 16.0. The second-order valence-corrected chi connectivity index (χ2v) is 13.1. The number of carbonyl (C=O) groups excluding carboxylic acids is 1. The number of aliphatic imine (C=N–C) groups is 2. The van der Waals surface area contributed by atoms with Gasteiger partial charge in [0.15, 0.2) is 15.0 Å². The van der Waals surface area contributed by atoms with Crippen molar-refractivity contribution in [3.63, 3.8) is 0 Å². The number of amidine groups is 1. The molecule has 2 rings (SSSR count). The van der Waals surface area contributed by atoms with Crippen LogP contribution in [0.2, 0.25) is 0 Å². The van der Waals surface area contributed by atoms with E-state index in [1.807, 2.05) is 30.3 Å². The number of ether oxygens (including phenoxy) is 1. The molecule has 0 heterocycles. The van der Waals surface area contributed by atoms with Gasteiger partial charge in [-0.3, -0.25) is 14.8 Å². The molecule has 0 aromatic heterocycles. The molecule has 0 fully saturated rings. The average Bonchev–Trinajstić information content (AvgIpc) is 2.99. The van der Waals surface area contributed by atoms with Gasteiger partial charge in [-0.2, -0.15) is 0 Å². The highest BCUT2D eigenvalue weighted by atomic mass is 32.2. The Hall–Kier alpha value is -2.49. The Labute approximate surface area is 251 Å². The first-order valence-electron chi connectivity index (χ1n) is 14.7. The maximum absolute atomic E-state index is 13.8. The molecule has 0 spiro atoms. The van der Waals surface area contributed by atoms with Gasteiger partial charge in [-0.15, -0.1) is 0 Å². The molecule has 2 unspecified atom stereocenters. The molecule has 2 aromatic rings. The number of thioether (sulfide) groups is 1. The summed E-state index contributed by atoms with van der Waals surface area (Å²) in [6, 6.07) is 16.6. The fourth-order valence-electron chi connectivity index (χ4n) is 4.66. The van der Waals surface area contributed by atoms with E-state index in [0.29, 0.717) is 23.9 Å². The lowest BCUT2D eigenvalue weighted by Gasteiger charge is -2.23. The van der Waals surface area contributed by atoms with Crippen molar-refractivity contribution < 1.29 is 17.9 Å². The number of nitrogens with zero attached hydrogens (tertiary/aromatic N) is 2. The molecule has 0 saturated heterocycles. The Morgan fingerprint density at radius 1 is 1.00 bits per heavy atom. The van der Waals surface area contributed by atoms with Crippen LogP contribution in [0.15, 0.2) is 69.5 Å². The van der Waals surface area contributed by atoms with E-state index in [0.717, 1.165) is 43.2 Å². The number of methoxy groups -OCH3 is 1. The predicted molar refractivity (Wildman–Crippen MR) is 173 cm³/mol. The summed E-state index contributed by atoms with van der Waals surface area (Å²) in [6.45, 7) is 8.70. The highest BCUT2D eigenvalue weighted by Gasteiger charge is 2.26. The molecule has 0 saturated carbocycles. The number of aryl methyl sites for hydroxylation is 1. The highest BCUT2D eigenvalue weighted by molar-refractivity contribution is 8.25. The van der Waals surface area contributed by atoms with Gasteiger partial charge in [0, 0.05) is 7.11 Å². The van der Waals surface area contributed by atoms with Crippen LogP contribution < -0.4 is 5.32 Å². The van der Waals surface area contributed by atoms with E-state index < -0.39 is 15.8 Å². The second kappa shape index (κ2) is 18.8. The fourth-order valence-corrected chi connectivity index (χ4v) is 6.56. The zero-order valence-electron chi connectivity index (χ0n) is 25.2. The summed E-state index contributed by atoms with van der Waals surface area (Å²) in [5.41, 5.74) is 3.43. The summed E-state index contributed by atoms with van der Waals surface area (Å²) in [5.74, 6) is -0.167. The highest BCUT2D eigenvalue weighted by Crippen LogP contribution is 2.30. The van der Waals surface area contributed by atoms with Crippen molar-refractivity contribution >= 4 is 38.2 Å². The fraction of sp³-hybridized carbons (Fsp3) is 0.531. The molecule has 1 amide bonds. The summed E-state index contributed by atoms with van der Waals surface area (Å²) >= 11 is 1.27. The van der Waals surface area contributed by atoms with Crippen LogP contribution in [0.5, 0.6) is 0 Å². The van der Waals surface area contributed by atoms with Crippen LogP contribution in [-0.2, 0) is 25.8 Å². The summed E-state index contributed by atoms with van der Waals surface area (Å²) in [5, 5.41) is 3.58. The Morgan fingerprint density at radius 3 is 2.27 bits per heavy atom. The third-order valence-corrected chi connectivity index (χ3v) is 9.64. The second-order valence-electron chi connectivity index (χ2n) is 10.2. The average molecular weight is 602 g/mol. The quantitative estimate of drug-likeness (QED) is 0.155. The van der Waals surface area contributed by atoms with Crippen molar-refractivity contribution in [1.82, 2.24) is 5.32 Å². The molecule has 9 heteroatoms. The molecule has 0 bridgehead atoms. The summed E-state index contributed by atoms with van der Waals surface area (Å²) in [7, 11) is -1.88. The van der Waals surface area contributed by atoms with Crippen LogP contribution >= 0.6 is 11.8 Å². The lowest BCUT2D eigenvalue weighted by Crippen LogP contribution is -2.35. The molecule has 41 heavy (non-hydrogen) atoms. The summed E-state index contributed by atoms with van der Waals surface area (Å²) in [4.78, 5) is 23.1. The minimum Gasteiger partial charge on any atom is -0.363 e. The Morgan fingerprint density at radius 2 is 1.68 bits per heavy atom. The van der Waals surface area contributed by atoms with Gasteiger partial charge in [0.05, 0.1) is 28.2 Å². The molecule has 226 valence electrons. The van der Waals surface area contributed by atoms with E-state index >= 15 is 0 Å². The van der Waals surface area contributed by atoms with Gasteiger partial charge >= 0.3 is 0 Å². The smallest absolute Gasteiger partial charge is 0.233 e. The number of rotatable bonds is 17. The molecular weight excluding hydrogens is 555 g/mol. The topological polar surface area (TPSA) is 97.2 Å². The summed E-state index contributed by atoms with van der Waals surface area (Å²) in [6.07, 6.45) is 5.90. The Balaban J connectivity index is 2.31. The molecule has 2 atom stereocenters. The number of amides is 1. The zero-order chi connectivity index (χ0) is 30.1. The van der Waals surface area contributed by atoms with Crippen LogP contribution in [-0.4, -0.2) is 50.7 Å². The normalized spacial score (nSPS) is 14.0. The van der Waals surface area contributed by atoms with Gasteiger partial charge in [-0.1, -0.05) is 89.4 Å². The van der Waals surface area contributed by atoms with Crippen LogP contribution in [0.25, 0.3) is 0 Å². The third-order valence-electron chi connectivity index (χ3n) is 7.22. The summed E-state index contributed by atoms with van der Waals surface area (Å²) < 4.78 is 31.1. The lowest BCUT2D eigenvalue weighted by molar-refractivity contribution is -0.121. The molecule has 7 nitrogen and oxygen atoms in total. The number of hydrogen-bond donors (Lipinski definition) is 1. The molecule has 2 aromatic carbocycles. The molecule has 0 radical (unpaired) electrons. The van der Waals surface area contributed by atoms with Crippen molar-refractivity contribution in [3.8, 4) is 0 Å². The van der Waals surface area contributed by atoms with Crippen molar-refractivity contribution in [2.24, 2.45) is 15.9 Å². The van der Waals surface area contributed by atoms with Gasteiger partial charge in [-0.25, -0.2) is 8.42 Å². The molecular formula is C32H47N3O4S2. The van der Waals surface area contributed by atoms with Crippen molar-refractivity contribution in [3.05, 3.63) is 65.7 Å². The largest absolute Gasteiger partial charge is 0.363 e. The molecule has 0 aliphatic rings. The number of nitrogens with one attached hydrogen (secondary N) is 1. The number of hydrogen-bond acceptors (Lipinski definition) is 7. The van der Waals surface area contributed by atoms with Crippen LogP contribution in [0.4, 0.5) is 0 Å². The molecule has 1 N–H and O–H groups in total. The van der Waals surface area contributed by atoms with Gasteiger partial charge in [0.25, 0.3) is 0 Å². The van der Waals surface area contributed by atoms with E-state index in [1.54, 1.807) is 36.9 Å². The standard InChI is InChI=1S/C32H47N3O4S2/c1-6-13-25(7-2)22-30(31(36)35-32(34-28(8-3)9-4)40-24-33-23-39-5)27-16-18-29(19-17-27)41(37,38)21-20-26-14-11-10-12-15-26/h10-12,14-19,24-25,28,30H,6-9,13,20-23H2,1-5H3,(H,34,35,36)/b33-24+. The number of sulfone groups is 1. The van der Waals surface area contributed by atoms with Crippen LogP contribution in [0.1, 0.15) is 83.3 Å². The first-order valence-corrected chi connectivity index (χ1v) is 17.2. The first-order chi connectivity index (χ1) is 19.8. The van der Waals surface area contributed by atoms with Crippen molar-refractivity contribution in [2.45, 2.75) is 89.5 Å². The van der Waals surface area contributed by atoms with E-state index in [1.165, 1.54) is 11.8 Å². The maximum Gasteiger partial charge on any atom is 0.233 e. The lowest BCUT2D eigenvalue weighted by atomic mass is 9.85. The predicted octanol–water partition coefficient (Wildman–Crippen LogP) is 7.03. The monoisotopic (exact) mass is 601 g/mol. The van der Waals surface area contributed by atoms with Crippen molar-refractivity contribution in [1.29, 1.82) is 0 Å². The van der Waals surface area contributed by atoms with Gasteiger partial charge < -0.3 is 10.1 Å². The van der Waals surface area contributed by atoms with E-state index in [9.17, 15) is 13.2 Å². The zero-order valence-corrected chi connectivity index (χ0v) is 26.8. The van der Waals surface area contributed by atoms with Gasteiger partial charge in [-0.05, 0) is 66.6 Å². The van der Waals surface area contributed by atoms with Crippen molar-refractivity contribution in [2.75, 3.05) is 19.6 Å². The van der Waals surface area contributed by atoms with Crippen LogP contribution in [0, 0.1) is 5.92 Å². The van der Waals surface area contributed by atoms with E-state index in [-0.39, 0.29) is 29.3 Å².